The summed E-state index contributed by atoms with van der Waals surface area (Å²) in [5.41, 5.74) is 0.783. The van der Waals surface area contributed by atoms with Crippen molar-refractivity contribution < 1.29 is 14.3 Å². The Hall–Kier alpha value is -1.15. The Morgan fingerprint density at radius 3 is 2.55 bits per heavy atom. The van der Waals surface area contributed by atoms with Crippen molar-refractivity contribution in [2.24, 2.45) is 0 Å². The third-order valence-corrected chi connectivity index (χ3v) is 3.56. The number of ether oxygens (including phenoxy) is 1. The number of rotatable bonds is 7. The lowest BCUT2D eigenvalue weighted by atomic mass is 10.3. The van der Waals surface area contributed by atoms with Crippen molar-refractivity contribution >= 4 is 40.2 Å². The molecule has 0 aliphatic rings. The molecule has 1 aromatic rings. The summed E-state index contributed by atoms with van der Waals surface area (Å²) in [5, 5.41) is 2.84. The van der Waals surface area contributed by atoms with E-state index in [1.807, 2.05) is 31.2 Å². The van der Waals surface area contributed by atoms with Crippen molar-refractivity contribution in [3.05, 3.63) is 27.8 Å². The predicted molar refractivity (Wildman–Crippen MR) is 86.5 cm³/mol. The van der Waals surface area contributed by atoms with Gasteiger partial charge in [0.05, 0.1) is 25.4 Å². The molecule has 0 aliphatic heterocycles. The Kier molecular flexibility index (Phi) is 7.53. The van der Waals surface area contributed by atoms with Crippen LogP contribution in [-0.4, -0.2) is 43.0 Å². The zero-order valence-corrected chi connectivity index (χ0v) is 13.8. The van der Waals surface area contributed by atoms with Crippen LogP contribution >= 0.6 is 22.6 Å². The summed E-state index contributed by atoms with van der Waals surface area (Å²) in [4.78, 5) is 25.1. The predicted octanol–water partition coefficient (Wildman–Crippen LogP) is 2.11. The van der Waals surface area contributed by atoms with Crippen LogP contribution in [0.1, 0.15) is 13.8 Å². The molecule has 0 heterocycles. The third-order valence-electron chi connectivity index (χ3n) is 2.62. The molecule has 5 nitrogen and oxygen atoms in total. The lowest BCUT2D eigenvalue weighted by Gasteiger charge is -2.18. The highest BCUT2D eigenvalue weighted by atomic mass is 127. The normalized spacial score (nSPS) is 10.4. The number of nitrogens with one attached hydrogen (secondary N) is 1. The Labute approximate surface area is 132 Å². The van der Waals surface area contributed by atoms with Gasteiger partial charge in [0.2, 0.25) is 5.91 Å². The van der Waals surface area contributed by atoms with Crippen LogP contribution in [0.3, 0.4) is 0 Å². The molecule has 1 N–H and O–H groups in total. The van der Waals surface area contributed by atoms with Crippen molar-refractivity contribution in [2.45, 2.75) is 13.8 Å². The standard InChI is InChI=1S/C14H19IN2O3/c1-3-17(10-14(19)20-4-2)9-13(18)16-12-8-6-5-7-11(12)15/h5-8H,3-4,9-10H2,1-2H3,(H,16,18). The monoisotopic (exact) mass is 390 g/mol. The van der Waals surface area contributed by atoms with Crippen LogP contribution in [0.4, 0.5) is 5.69 Å². The second-order valence-electron chi connectivity index (χ2n) is 4.14. The maximum atomic E-state index is 12.0. The fourth-order valence-corrected chi connectivity index (χ4v) is 2.15. The maximum Gasteiger partial charge on any atom is 0.320 e. The molecule has 20 heavy (non-hydrogen) atoms. The maximum absolute atomic E-state index is 12.0. The number of carbonyl (C=O) groups excluding carboxylic acids is 2. The summed E-state index contributed by atoms with van der Waals surface area (Å²) in [6.07, 6.45) is 0. The number of nitrogens with zero attached hydrogens (tertiary/aromatic N) is 1. The van der Waals surface area contributed by atoms with Crippen molar-refractivity contribution in [2.75, 3.05) is 31.6 Å². The minimum absolute atomic E-state index is 0.129. The number of amides is 1. The number of para-hydroxylation sites is 1. The van der Waals surface area contributed by atoms with E-state index in [-0.39, 0.29) is 25.0 Å². The third kappa shape index (κ3) is 5.87. The van der Waals surface area contributed by atoms with Gasteiger partial charge in [-0.2, -0.15) is 0 Å². The zero-order chi connectivity index (χ0) is 15.0. The highest BCUT2D eigenvalue weighted by Gasteiger charge is 2.14. The van der Waals surface area contributed by atoms with Crippen LogP contribution in [0.5, 0.6) is 0 Å². The number of anilines is 1. The SMILES string of the molecule is CCOC(=O)CN(CC)CC(=O)Nc1ccccc1I. The first kappa shape index (κ1) is 16.9. The minimum Gasteiger partial charge on any atom is -0.465 e. The lowest BCUT2D eigenvalue weighted by molar-refractivity contribution is -0.144. The number of likely N-dealkylation sites (N-methyl/N-ethyl adjacent to an activating group) is 1. The molecule has 0 saturated heterocycles. The summed E-state index contributed by atoms with van der Waals surface area (Å²) < 4.78 is 5.86. The number of hydrogen-bond acceptors (Lipinski definition) is 4. The van der Waals surface area contributed by atoms with E-state index in [1.54, 1.807) is 11.8 Å². The van der Waals surface area contributed by atoms with Crippen LogP contribution < -0.4 is 5.32 Å². The van der Waals surface area contributed by atoms with Gasteiger partial charge < -0.3 is 10.1 Å². The van der Waals surface area contributed by atoms with Crippen molar-refractivity contribution in [1.29, 1.82) is 0 Å². The molecule has 0 atom stereocenters. The quantitative estimate of drug-likeness (QED) is 0.573. The van der Waals surface area contributed by atoms with E-state index < -0.39 is 0 Å². The van der Waals surface area contributed by atoms with Crippen LogP contribution in [0.15, 0.2) is 24.3 Å². The first-order chi connectivity index (χ1) is 9.56. The molecule has 0 radical (unpaired) electrons. The number of esters is 1. The summed E-state index contributed by atoms with van der Waals surface area (Å²) in [6, 6.07) is 7.55. The highest BCUT2D eigenvalue weighted by Crippen LogP contribution is 2.16. The summed E-state index contributed by atoms with van der Waals surface area (Å²) in [7, 11) is 0. The molecule has 0 bridgehead atoms. The molecular weight excluding hydrogens is 371 g/mol. The Morgan fingerprint density at radius 1 is 1.25 bits per heavy atom. The van der Waals surface area contributed by atoms with E-state index in [4.69, 9.17) is 4.74 Å². The van der Waals surface area contributed by atoms with Gasteiger partial charge in [0.25, 0.3) is 0 Å². The molecule has 0 aromatic heterocycles. The van der Waals surface area contributed by atoms with Gasteiger partial charge in [-0.1, -0.05) is 19.1 Å². The summed E-state index contributed by atoms with van der Waals surface area (Å²) in [5.74, 6) is -0.447. The Balaban J connectivity index is 2.51. The highest BCUT2D eigenvalue weighted by molar-refractivity contribution is 14.1. The van der Waals surface area contributed by atoms with Crippen LogP contribution in [-0.2, 0) is 14.3 Å². The van der Waals surface area contributed by atoms with E-state index in [2.05, 4.69) is 27.9 Å². The van der Waals surface area contributed by atoms with Crippen molar-refractivity contribution in [1.82, 2.24) is 4.90 Å². The zero-order valence-electron chi connectivity index (χ0n) is 11.7. The van der Waals surface area contributed by atoms with Gasteiger partial charge in [-0.3, -0.25) is 14.5 Å². The average Bonchev–Trinajstić information content (AvgIpc) is 2.41. The first-order valence-corrected chi connectivity index (χ1v) is 7.57. The van der Waals surface area contributed by atoms with Crippen molar-refractivity contribution in [3.8, 4) is 0 Å². The van der Waals surface area contributed by atoms with Crippen LogP contribution in [0, 0.1) is 3.57 Å². The van der Waals surface area contributed by atoms with E-state index in [9.17, 15) is 9.59 Å². The van der Waals surface area contributed by atoms with E-state index in [1.165, 1.54) is 0 Å². The number of carbonyl (C=O) groups is 2. The topological polar surface area (TPSA) is 58.6 Å². The molecule has 1 amide bonds. The minimum atomic E-state index is -0.309. The number of hydrogen-bond donors (Lipinski definition) is 1. The molecule has 6 heteroatoms. The molecule has 110 valence electrons. The van der Waals surface area contributed by atoms with Gasteiger partial charge in [-0.05, 0) is 48.2 Å². The van der Waals surface area contributed by atoms with Gasteiger partial charge in [-0.15, -0.1) is 0 Å². The molecular formula is C14H19IN2O3. The van der Waals surface area contributed by atoms with Gasteiger partial charge in [0, 0.05) is 3.57 Å². The van der Waals surface area contributed by atoms with Gasteiger partial charge in [0.1, 0.15) is 0 Å². The van der Waals surface area contributed by atoms with E-state index in [0.717, 1.165) is 9.26 Å². The molecule has 0 saturated carbocycles. The Morgan fingerprint density at radius 2 is 1.95 bits per heavy atom. The van der Waals surface area contributed by atoms with Gasteiger partial charge in [-0.25, -0.2) is 0 Å². The largest absolute Gasteiger partial charge is 0.465 e. The summed E-state index contributed by atoms with van der Waals surface area (Å²) >= 11 is 2.17. The van der Waals surface area contributed by atoms with Crippen LogP contribution in [0.25, 0.3) is 0 Å². The molecule has 0 aliphatic carbocycles. The molecule has 1 rings (SSSR count). The number of halogens is 1. The number of benzene rings is 1. The first-order valence-electron chi connectivity index (χ1n) is 6.49. The fraction of sp³-hybridized carbons (Fsp3) is 0.429. The van der Waals surface area contributed by atoms with Crippen molar-refractivity contribution in [3.63, 3.8) is 0 Å². The lowest BCUT2D eigenvalue weighted by Crippen LogP contribution is -2.37. The summed E-state index contributed by atoms with van der Waals surface area (Å²) in [6.45, 7) is 4.92. The second kappa shape index (κ2) is 8.91. The molecule has 0 unspecified atom stereocenters. The molecule has 1 aromatic carbocycles. The average molecular weight is 390 g/mol. The smallest absolute Gasteiger partial charge is 0.320 e. The van der Waals surface area contributed by atoms with E-state index >= 15 is 0 Å². The van der Waals surface area contributed by atoms with E-state index in [0.29, 0.717) is 13.2 Å². The van der Waals surface area contributed by atoms with Crippen LogP contribution in [0.2, 0.25) is 0 Å². The van der Waals surface area contributed by atoms with Gasteiger partial charge in [0.15, 0.2) is 0 Å². The van der Waals surface area contributed by atoms with Gasteiger partial charge >= 0.3 is 5.97 Å². The Bertz CT molecular complexity index is 465. The second-order valence-corrected chi connectivity index (χ2v) is 5.30. The fourth-order valence-electron chi connectivity index (χ4n) is 1.62. The molecule has 0 spiro atoms. The molecule has 0 fully saturated rings.